The summed E-state index contributed by atoms with van der Waals surface area (Å²) in [6, 6.07) is 36.1. The van der Waals surface area contributed by atoms with Crippen LogP contribution in [0.3, 0.4) is 0 Å². The topological polar surface area (TPSA) is 39.9 Å². The van der Waals surface area contributed by atoms with Crippen LogP contribution in [-0.4, -0.2) is 14.5 Å². The summed E-state index contributed by atoms with van der Waals surface area (Å²) in [7, 11) is 0. The zero-order valence-electron chi connectivity index (χ0n) is 22.5. The molecule has 0 fully saturated rings. The van der Waals surface area contributed by atoms with E-state index in [2.05, 4.69) is 91.2 Å². The highest BCUT2D eigenvalue weighted by atomic mass is 16.5. The van der Waals surface area contributed by atoms with Crippen LogP contribution in [0.5, 0.6) is 11.5 Å². The number of aromatic nitrogens is 3. The normalized spacial score (nSPS) is 12.2. The van der Waals surface area contributed by atoms with Crippen molar-refractivity contribution in [3.05, 3.63) is 114 Å². The number of aryl methyl sites for hydroxylation is 2. The van der Waals surface area contributed by atoms with Crippen LogP contribution in [0.4, 0.5) is 0 Å². The fraction of sp³-hybridized carbons (Fsp3) is 0.111. The summed E-state index contributed by atoms with van der Waals surface area (Å²) in [6.45, 7) is 4.49. The van der Waals surface area contributed by atoms with E-state index in [1.54, 1.807) is 0 Å². The van der Waals surface area contributed by atoms with E-state index in [9.17, 15) is 0 Å². The Morgan fingerprint density at radius 3 is 2.25 bits per heavy atom. The van der Waals surface area contributed by atoms with Gasteiger partial charge in [0.25, 0.3) is 0 Å². The quantitative estimate of drug-likeness (QED) is 0.233. The van der Waals surface area contributed by atoms with Gasteiger partial charge in [-0.1, -0.05) is 80.6 Å². The summed E-state index contributed by atoms with van der Waals surface area (Å²) >= 11 is 0. The molecule has 0 amide bonds. The van der Waals surface area contributed by atoms with Gasteiger partial charge in [-0.25, -0.2) is 9.97 Å². The molecule has 1 aliphatic rings. The molecule has 0 radical (unpaired) electrons. The maximum atomic E-state index is 6.24. The standard InChI is InChI=1S/C36H27N3O/c1-3-22-12-5-6-13-24(22)25-20-21-30-33(23(25)4-2)26-14-7-9-17-29(26)39(30)36-37-28-16-11-19-32-34(28)35(38-36)27-15-8-10-18-31(27)40-32/h5-21H,3-4H2,1-2H3. The van der Waals surface area contributed by atoms with E-state index >= 15 is 0 Å². The lowest BCUT2D eigenvalue weighted by Gasteiger charge is -2.21. The molecule has 192 valence electrons. The minimum Gasteiger partial charge on any atom is -0.456 e. The lowest BCUT2D eigenvalue weighted by atomic mass is 9.90. The third-order valence-corrected chi connectivity index (χ3v) is 8.22. The van der Waals surface area contributed by atoms with Crippen LogP contribution in [0.25, 0.3) is 61.0 Å². The van der Waals surface area contributed by atoms with Crippen LogP contribution < -0.4 is 4.74 Å². The second-order valence-corrected chi connectivity index (χ2v) is 10.3. The minimum atomic E-state index is 0.673. The first-order valence-corrected chi connectivity index (χ1v) is 14.0. The van der Waals surface area contributed by atoms with Gasteiger partial charge in [-0.3, -0.25) is 4.57 Å². The van der Waals surface area contributed by atoms with Crippen LogP contribution in [0.2, 0.25) is 0 Å². The molecular weight excluding hydrogens is 490 g/mol. The van der Waals surface area contributed by atoms with Crippen LogP contribution in [-0.2, 0) is 12.8 Å². The van der Waals surface area contributed by atoms with Crippen molar-refractivity contribution in [2.75, 3.05) is 0 Å². The molecule has 7 aromatic rings. The average Bonchev–Trinajstić information content (AvgIpc) is 3.35. The Balaban J connectivity index is 1.47. The van der Waals surface area contributed by atoms with Gasteiger partial charge >= 0.3 is 0 Å². The molecule has 0 bridgehead atoms. The van der Waals surface area contributed by atoms with Gasteiger partial charge in [0, 0.05) is 16.3 Å². The van der Waals surface area contributed by atoms with Gasteiger partial charge in [0.15, 0.2) is 0 Å². The van der Waals surface area contributed by atoms with Crippen molar-refractivity contribution < 1.29 is 4.74 Å². The Morgan fingerprint density at radius 1 is 0.600 bits per heavy atom. The minimum absolute atomic E-state index is 0.673. The zero-order chi connectivity index (χ0) is 26.8. The van der Waals surface area contributed by atoms with E-state index in [0.29, 0.717) is 5.95 Å². The van der Waals surface area contributed by atoms with Crippen molar-refractivity contribution >= 4 is 32.7 Å². The zero-order valence-corrected chi connectivity index (χ0v) is 22.5. The van der Waals surface area contributed by atoms with Gasteiger partial charge in [0.05, 0.1) is 27.6 Å². The van der Waals surface area contributed by atoms with Gasteiger partial charge in [-0.2, -0.15) is 0 Å². The third-order valence-electron chi connectivity index (χ3n) is 8.22. The number of hydrogen-bond donors (Lipinski definition) is 0. The van der Waals surface area contributed by atoms with Gasteiger partial charge in [-0.05, 0) is 71.5 Å². The van der Waals surface area contributed by atoms with E-state index in [4.69, 9.17) is 14.7 Å². The molecule has 0 unspecified atom stereocenters. The fourth-order valence-corrected chi connectivity index (χ4v) is 6.45. The predicted octanol–water partition coefficient (Wildman–Crippen LogP) is 9.29. The Kier molecular flexibility index (Phi) is 5.05. The number of nitrogens with zero attached hydrogens (tertiary/aromatic N) is 3. The first-order valence-electron chi connectivity index (χ1n) is 14.0. The van der Waals surface area contributed by atoms with Gasteiger partial charge in [-0.15, -0.1) is 0 Å². The third kappa shape index (κ3) is 3.19. The molecule has 0 atom stereocenters. The molecule has 40 heavy (non-hydrogen) atoms. The second-order valence-electron chi connectivity index (χ2n) is 10.3. The van der Waals surface area contributed by atoms with Crippen molar-refractivity contribution in [2.24, 2.45) is 0 Å². The lowest BCUT2D eigenvalue weighted by Crippen LogP contribution is -2.06. The average molecular weight is 518 g/mol. The van der Waals surface area contributed by atoms with Crippen molar-refractivity contribution in [3.8, 4) is 39.8 Å². The molecule has 2 aromatic heterocycles. The first kappa shape index (κ1) is 23.0. The lowest BCUT2D eigenvalue weighted by molar-refractivity contribution is 0.486. The first-order chi connectivity index (χ1) is 19.8. The van der Waals surface area contributed by atoms with Crippen LogP contribution >= 0.6 is 0 Å². The van der Waals surface area contributed by atoms with Gasteiger partial charge in [0.1, 0.15) is 11.5 Å². The molecule has 0 saturated heterocycles. The Hall–Kier alpha value is -4.96. The summed E-state index contributed by atoms with van der Waals surface area (Å²) in [6.07, 6.45) is 1.93. The van der Waals surface area contributed by atoms with Crippen LogP contribution in [0.15, 0.2) is 103 Å². The van der Waals surface area contributed by atoms with E-state index in [0.717, 1.165) is 57.5 Å². The molecule has 3 heterocycles. The monoisotopic (exact) mass is 517 g/mol. The highest BCUT2D eigenvalue weighted by Crippen LogP contribution is 2.46. The Bertz CT molecular complexity index is 2120. The molecule has 4 heteroatoms. The van der Waals surface area contributed by atoms with Crippen molar-refractivity contribution in [2.45, 2.75) is 26.7 Å². The van der Waals surface area contributed by atoms with Crippen LogP contribution in [0.1, 0.15) is 25.0 Å². The molecule has 0 N–H and O–H groups in total. The summed E-state index contributed by atoms with van der Waals surface area (Å²) in [5.74, 6) is 2.29. The number of rotatable bonds is 4. The number of ether oxygens (including phenoxy) is 1. The number of para-hydroxylation sites is 2. The van der Waals surface area contributed by atoms with Crippen molar-refractivity contribution in [1.29, 1.82) is 0 Å². The summed E-state index contributed by atoms with van der Waals surface area (Å²) < 4.78 is 8.47. The van der Waals surface area contributed by atoms with Gasteiger partial charge in [0.2, 0.25) is 5.95 Å². The largest absolute Gasteiger partial charge is 0.456 e. The second kappa shape index (κ2) is 8.78. The fourth-order valence-electron chi connectivity index (χ4n) is 6.45. The predicted molar refractivity (Wildman–Crippen MR) is 164 cm³/mol. The molecule has 5 aromatic carbocycles. The van der Waals surface area contributed by atoms with Gasteiger partial charge < -0.3 is 4.74 Å². The maximum absolute atomic E-state index is 6.24. The van der Waals surface area contributed by atoms with Crippen LogP contribution in [0, 0.1) is 0 Å². The summed E-state index contributed by atoms with van der Waals surface area (Å²) in [5, 5.41) is 3.45. The number of fused-ring (bicyclic) bond motifs is 5. The Morgan fingerprint density at radius 2 is 1.38 bits per heavy atom. The SMILES string of the molecule is CCc1ccccc1-c1ccc2c(c1CC)c1ccccc1n2-c1nc2c3c(cccc3n1)Oc1ccccc1-2. The Labute approximate surface area is 232 Å². The number of hydrogen-bond acceptors (Lipinski definition) is 3. The van der Waals surface area contributed by atoms with E-state index in [1.165, 1.54) is 33.0 Å². The molecule has 0 aliphatic carbocycles. The molecule has 0 saturated carbocycles. The molecule has 8 rings (SSSR count). The van der Waals surface area contributed by atoms with Crippen molar-refractivity contribution in [3.63, 3.8) is 0 Å². The number of benzene rings is 5. The maximum Gasteiger partial charge on any atom is 0.235 e. The molecule has 1 aliphatic heterocycles. The molecule has 4 nitrogen and oxygen atoms in total. The van der Waals surface area contributed by atoms with E-state index in [1.807, 2.05) is 30.3 Å². The summed E-state index contributed by atoms with van der Waals surface area (Å²) in [4.78, 5) is 10.4. The highest BCUT2D eigenvalue weighted by Gasteiger charge is 2.25. The van der Waals surface area contributed by atoms with Crippen molar-refractivity contribution in [1.82, 2.24) is 14.5 Å². The van der Waals surface area contributed by atoms with E-state index < -0.39 is 0 Å². The molecule has 0 spiro atoms. The van der Waals surface area contributed by atoms with E-state index in [-0.39, 0.29) is 0 Å². The highest BCUT2D eigenvalue weighted by molar-refractivity contribution is 6.13. The smallest absolute Gasteiger partial charge is 0.235 e. The summed E-state index contributed by atoms with van der Waals surface area (Å²) in [5.41, 5.74) is 10.4. The molecular formula is C36H27N3O.